The molecule has 1 saturated carbocycles. The molecule has 2 aliphatic rings. The molecular formula is C21H28N4O. The predicted molar refractivity (Wildman–Crippen MR) is 101 cm³/mol. The van der Waals surface area contributed by atoms with E-state index in [1.165, 1.54) is 18.4 Å². The van der Waals surface area contributed by atoms with E-state index in [2.05, 4.69) is 44.0 Å². The van der Waals surface area contributed by atoms with E-state index in [0.29, 0.717) is 5.92 Å². The zero-order chi connectivity index (χ0) is 17.9. The first-order valence-electron chi connectivity index (χ1n) is 9.74. The monoisotopic (exact) mass is 352 g/mol. The van der Waals surface area contributed by atoms with Gasteiger partial charge in [0, 0.05) is 25.4 Å². The molecular weight excluding hydrogens is 324 g/mol. The van der Waals surface area contributed by atoms with Gasteiger partial charge >= 0.3 is 0 Å². The van der Waals surface area contributed by atoms with E-state index in [0.717, 1.165) is 38.3 Å². The molecule has 1 amide bonds. The van der Waals surface area contributed by atoms with Crippen LogP contribution in [0, 0.1) is 11.8 Å². The minimum atomic E-state index is 0.137. The molecule has 2 heterocycles. The Morgan fingerprint density at radius 2 is 1.92 bits per heavy atom. The summed E-state index contributed by atoms with van der Waals surface area (Å²) in [5.74, 6) is 2.08. The maximum absolute atomic E-state index is 12.8. The van der Waals surface area contributed by atoms with E-state index >= 15 is 0 Å². The summed E-state index contributed by atoms with van der Waals surface area (Å²) in [6.07, 6.45) is 8.14. The van der Waals surface area contributed by atoms with Crippen molar-refractivity contribution in [3.63, 3.8) is 0 Å². The van der Waals surface area contributed by atoms with Gasteiger partial charge < -0.3 is 9.88 Å². The number of nitrogens with one attached hydrogen (secondary N) is 1. The molecule has 5 heteroatoms. The van der Waals surface area contributed by atoms with Crippen molar-refractivity contribution in [1.82, 2.24) is 19.8 Å². The van der Waals surface area contributed by atoms with Crippen molar-refractivity contribution in [2.45, 2.75) is 38.3 Å². The molecule has 0 bridgehead atoms. The molecule has 1 aliphatic heterocycles. The summed E-state index contributed by atoms with van der Waals surface area (Å²) in [4.78, 5) is 19.7. The smallest absolute Gasteiger partial charge is 0.223 e. The number of carbonyl (C=O) groups excluding carboxylic acids is 1. The average Bonchev–Trinajstić information content (AvgIpc) is 3.44. The standard InChI is InChI=1S/C21H28N4O/c1-24-14-11-22-19(24)15-25-12-9-18(10-13-25)21(26)23-20(17-7-8-17)16-5-3-2-4-6-16/h2-6,11,14,17-18,20H,7-10,12-13,15H2,1H3,(H,23,26)/t20-/m0/s1. The molecule has 5 nitrogen and oxygen atoms in total. The number of aryl methyl sites for hydroxylation is 1. The molecule has 1 aromatic carbocycles. The van der Waals surface area contributed by atoms with Crippen LogP contribution in [0.3, 0.4) is 0 Å². The second kappa shape index (κ2) is 7.62. The topological polar surface area (TPSA) is 50.2 Å². The highest BCUT2D eigenvalue weighted by molar-refractivity contribution is 5.79. The van der Waals surface area contributed by atoms with E-state index in [-0.39, 0.29) is 17.9 Å². The third-order valence-electron chi connectivity index (χ3n) is 5.79. The molecule has 2 aromatic rings. The van der Waals surface area contributed by atoms with E-state index in [1.807, 2.05) is 25.5 Å². The molecule has 138 valence electrons. The van der Waals surface area contributed by atoms with Crippen molar-refractivity contribution in [1.29, 1.82) is 0 Å². The van der Waals surface area contributed by atoms with E-state index in [4.69, 9.17) is 0 Å². The summed E-state index contributed by atoms with van der Waals surface area (Å²) in [7, 11) is 2.03. The summed E-state index contributed by atoms with van der Waals surface area (Å²) in [5, 5.41) is 3.36. The third kappa shape index (κ3) is 3.98. The average molecular weight is 352 g/mol. The maximum Gasteiger partial charge on any atom is 0.223 e. The number of aromatic nitrogens is 2. The van der Waals surface area contributed by atoms with E-state index < -0.39 is 0 Å². The van der Waals surface area contributed by atoms with Gasteiger partial charge in [-0.05, 0) is 50.3 Å². The van der Waals surface area contributed by atoms with Crippen LogP contribution >= 0.6 is 0 Å². The number of imidazole rings is 1. The maximum atomic E-state index is 12.8. The van der Waals surface area contributed by atoms with E-state index in [9.17, 15) is 4.79 Å². The summed E-state index contributed by atoms with van der Waals surface area (Å²) in [5.41, 5.74) is 1.25. The lowest BCUT2D eigenvalue weighted by molar-refractivity contribution is -0.127. The van der Waals surface area contributed by atoms with Crippen LogP contribution in [0.5, 0.6) is 0 Å². The highest BCUT2D eigenvalue weighted by Gasteiger charge is 2.35. The number of carbonyl (C=O) groups is 1. The zero-order valence-corrected chi connectivity index (χ0v) is 15.5. The van der Waals surface area contributed by atoms with Crippen LogP contribution in [0.4, 0.5) is 0 Å². The van der Waals surface area contributed by atoms with Crippen molar-refractivity contribution in [2.24, 2.45) is 18.9 Å². The van der Waals surface area contributed by atoms with Gasteiger partial charge in [0.15, 0.2) is 0 Å². The summed E-state index contributed by atoms with van der Waals surface area (Å²) >= 11 is 0. The Labute approximate surface area is 155 Å². The van der Waals surface area contributed by atoms with Gasteiger partial charge in [0.2, 0.25) is 5.91 Å². The largest absolute Gasteiger partial charge is 0.349 e. The van der Waals surface area contributed by atoms with Gasteiger partial charge in [0.25, 0.3) is 0 Å². The van der Waals surface area contributed by atoms with Gasteiger partial charge in [-0.25, -0.2) is 4.98 Å². The number of benzene rings is 1. The van der Waals surface area contributed by atoms with Gasteiger partial charge in [-0.15, -0.1) is 0 Å². The third-order valence-corrected chi connectivity index (χ3v) is 5.79. The molecule has 0 spiro atoms. The normalized spacial score (nSPS) is 20.0. The predicted octanol–water partition coefficient (Wildman–Crippen LogP) is 2.90. The number of amides is 1. The molecule has 1 N–H and O–H groups in total. The molecule has 2 fully saturated rings. The van der Waals surface area contributed by atoms with Gasteiger partial charge in [-0.1, -0.05) is 30.3 Å². The fraction of sp³-hybridized carbons (Fsp3) is 0.524. The highest BCUT2D eigenvalue weighted by atomic mass is 16.2. The van der Waals surface area contributed by atoms with Crippen LogP contribution in [-0.4, -0.2) is 33.4 Å². The lowest BCUT2D eigenvalue weighted by atomic mass is 9.94. The van der Waals surface area contributed by atoms with E-state index in [1.54, 1.807) is 0 Å². The first-order chi connectivity index (χ1) is 12.7. The lowest BCUT2D eigenvalue weighted by Crippen LogP contribution is -2.42. The summed E-state index contributed by atoms with van der Waals surface area (Å²) in [6, 6.07) is 10.6. The quantitative estimate of drug-likeness (QED) is 0.870. The Morgan fingerprint density at radius 3 is 2.54 bits per heavy atom. The minimum Gasteiger partial charge on any atom is -0.349 e. The molecule has 1 atom stereocenters. The van der Waals surface area contributed by atoms with Crippen LogP contribution in [-0.2, 0) is 18.4 Å². The summed E-state index contributed by atoms with van der Waals surface area (Å²) in [6.45, 7) is 2.79. The lowest BCUT2D eigenvalue weighted by Gasteiger charge is -2.32. The van der Waals surface area contributed by atoms with Crippen LogP contribution in [0.25, 0.3) is 0 Å². The fourth-order valence-electron chi connectivity index (χ4n) is 3.94. The Kier molecular flexibility index (Phi) is 5.07. The van der Waals surface area contributed by atoms with Crippen LogP contribution in [0.2, 0.25) is 0 Å². The number of likely N-dealkylation sites (tertiary alicyclic amines) is 1. The number of hydrogen-bond donors (Lipinski definition) is 1. The van der Waals surface area contributed by atoms with Crippen LogP contribution < -0.4 is 5.32 Å². The van der Waals surface area contributed by atoms with Crippen LogP contribution in [0.1, 0.15) is 43.1 Å². The molecule has 1 aromatic heterocycles. The second-order valence-corrected chi connectivity index (χ2v) is 7.74. The van der Waals surface area contributed by atoms with Crippen LogP contribution in [0.15, 0.2) is 42.7 Å². The van der Waals surface area contributed by atoms with Crippen molar-refractivity contribution in [2.75, 3.05) is 13.1 Å². The highest BCUT2D eigenvalue weighted by Crippen LogP contribution is 2.41. The molecule has 0 radical (unpaired) electrons. The van der Waals surface area contributed by atoms with Gasteiger partial charge in [-0.3, -0.25) is 9.69 Å². The first kappa shape index (κ1) is 17.3. The molecule has 1 aliphatic carbocycles. The van der Waals surface area contributed by atoms with Crippen molar-refractivity contribution in [3.8, 4) is 0 Å². The zero-order valence-electron chi connectivity index (χ0n) is 15.5. The Morgan fingerprint density at radius 1 is 1.19 bits per heavy atom. The molecule has 1 saturated heterocycles. The number of hydrogen-bond acceptors (Lipinski definition) is 3. The van der Waals surface area contributed by atoms with Gasteiger partial charge in [0.05, 0.1) is 12.6 Å². The van der Waals surface area contributed by atoms with Crippen molar-refractivity contribution >= 4 is 5.91 Å². The molecule has 0 unspecified atom stereocenters. The summed E-state index contributed by atoms with van der Waals surface area (Å²) < 4.78 is 2.07. The molecule has 4 rings (SSSR count). The number of piperidine rings is 1. The molecule has 26 heavy (non-hydrogen) atoms. The number of rotatable bonds is 6. The Balaban J connectivity index is 1.31. The SMILES string of the molecule is Cn1ccnc1CN1CCC(C(=O)N[C@@H](c2ccccc2)C2CC2)CC1. The Bertz CT molecular complexity index is 729. The Hall–Kier alpha value is -2.14. The van der Waals surface area contributed by atoms with Crippen molar-refractivity contribution < 1.29 is 4.79 Å². The minimum absolute atomic E-state index is 0.137. The fourth-order valence-corrected chi connectivity index (χ4v) is 3.94. The number of nitrogens with zero attached hydrogens (tertiary/aromatic N) is 3. The first-order valence-corrected chi connectivity index (χ1v) is 9.74. The van der Waals surface area contributed by atoms with Gasteiger partial charge in [0.1, 0.15) is 5.82 Å². The second-order valence-electron chi connectivity index (χ2n) is 7.74. The van der Waals surface area contributed by atoms with Crippen molar-refractivity contribution in [3.05, 3.63) is 54.1 Å². The van der Waals surface area contributed by atoms with Gasteiger partial charge in [-0.2, -0.15) is 0 Å².